The maximum absolute atomic E-state index is 9.59. The largest absolute Gasteiger partial charge is 0.508 e. The molecule has 2 heteroatoms. The van der Waals surface area contributed by atoms with E-state index in [2.05, 4.69) is 0 Å². The Morgan fingerprint density at radius 3 is 2.75 bits per heavy atom. The fourth-order valence-corrected chi connectivity index (χ4v) is 2.14. The number of aromatic hydroxyl groups is 1. The predicted octanol–water partition coefficient (Wildman–Crippen LogP) is 3.08. The minimum absolute atomic E-state index is 0.0284. The van der Waals surface area contributed by atoms with Gasteiger partial charge < -0.3 is 10.0 Å². The molecule has 2 atom stereocenters. The molecule has 0 saturated heterocycles. The highest BCUT2D eigenvalue weighted by atomic mass is 16.3. The highest BCUT2D eigenvalue weighted by molar-refractivity contribution is 5.30. The van der Waals surface area contributed by atoms with Gasteiger partial charge >= 0.3 is 0 Å². The van der Waals surface area contributed by atoms with Crippen LogP contribution in [0.3, 0.4) is 0 Å². The average Bonchev–Trinajstić information content (AvgIpc) is 2.34. The number of rotatable bonds is 5. The fraction of sp³-hybridized carbons (Fsp3) is 0.571. The van der Waals surface area contributed by atoms with Crippen molar-refractivity contribution in [1.29, 1.82) is 0 Å². The summed E-state index contributed by atoms with van der Waals surface area (Å²) in [7, 11) is 0. The molecule has 0 amide bonds. The van der Waals surface area contributed by atoms with Crippen LogP contribution in [0.25, 0.3) is 0 Å². The maximum atomic E-state index is 9.59. The highest BCUT2D eigenvalue weighted by Gasteiger charge is 2.18. The van der Waals surface area contributed by atoms with Gasteiger partial charge in [-0.15, -0.1) is 0 Å². The molecule has 16 heavy (non-hydrogen) atoms. The van der Waals surface area contributed by atoms with Crippen molar-refractivity contribution < 1.29 is 13.3 Å². The first-order chi connectivity index (χ1) is 9.96. The van der Waals surface area contributed by atoms with Gasteiger partial charge in [-0.25, -0.2) is 0 Å². The molecule has 90 valence electrons. The zero-order valence-electron chi connectivity index (χ0n) is 15.8. The molecular weight excluding hydrogens is 198 g/mol. The van der Waals surface area contributed by atoms with Gasteiger partial charge in [-0.3, -0.25) is 0 Å². The first-order valence-corrected chi connectivity index (χ1v) is 5.53. The number of nitrogens with zero attached hydrogens (tertiary/aromatic N) is 1. The second-order valence-corrected chi connectivity index (χ2v) is 4.20. The quantitative estimate of drug-likeness (QED) is 0.835. The molecule has 0 radical (unpaired) electrons. The zero-order valence-corrected chi connectivity index (χ0v) is 9.77. The lowest BCUT2D eigenvalue weighted by Crippen LogP contribution is -2.24. The van der Waals surface area contributed by atoms with E-state index in [1.165, 1.54) is 0 Å². The average molecular weight is 227 g/mol. The molecule has 0 aromatic heterocycles. The van der Waals surface area contributed by atoms with Gasteiger partial charge in [0.05, 0.1) is 0 Å². The lowest BCUT2D eigenvalue weighted by Gasteiger charge is -2.26. The summed E-state index contributed by atoms with van der Waals surface area (Å²) in [5.41, 5.74) is 0.881. The van der Waals surface area contributed by atoms with Gasteiger partial charge in [0.15, 0.2) is 0 Å². The van der Waals surface area contributed by atoms with Crippen molar-refractivity contribution in [3.63, 3.8) is 0 Å². The lowest BCUT2D eigenvalue weighted by atomic mass is 9.85. The molecule has 1 aromatic rings. The second kappa shape index (κ2) is 5.90. The van der Waals surface area contributed by atoms with Gasteiger partial charge in [0.1, 0.15) is 5.75 Å². The van der Waals surface area contributed by atoms with E-state index >= 15 is 0 Å². The standard InChI is InChI=1S/C14H23NO/c1-5-14(11(2)10-15(3)4)12-7-6-8-13(16)9-12/h6-9,11,14,16H,5,10H2,1-4H3/t11-,14-/m1/s1/i3D3,4D3. The summed E-state index contributed by atoms with van der Waals surface area (Å²) in [6.07, 6.45) is 0.723. The van der Waals surface area contributed by atoms with Crippen LogP contribution in [-0.2, 0) is 0 Å². The van der Waals surface area contributed by atoms with Gasteiger partial charge in [-0.1, -0.05) is 26.0 Å². The van der Waals surface area contributed by atoms with Crippen molar-refractivity contribution in [2.45, 2.75) is 26.2 Å². The van der Waals surface area contributed by atoms with Crippen LogP contribution >= 0.6 is 0 Å². The van der Waals surface area contributed by atoms with Crippen LogP contribution in [0, 0.1) is 5.92 Å². The third kappa shape index (κ3) is 3.53. The summed E-state index contributed by atoms with van der Waals surface area (Å²) in [5.74, 6) is -0.0707. The summed E-state index contributed by atoms with van der Waals surface area (Å²) in [6, 6.07) is 6.79. The van der Waals surface area contributed by atoms with Gasteiger partial charge in [-0.05, 0) is 49.9 Å². The van der Waals surface area contributed by atoms with Crippen molar-refractivity contribution in [3.8, 4) is 5.75 Å². The van der Waals surface area contributed by atoms with E-state index in [0.29, 0.717) is 4.90 Å². The minimum atomic E-state index is -2.67. The Labute approximate surface area is 107 Å². The van der Waals surface area contributed by atoms with E-state index in [4.69, 9.17) is 8.22 Å². The summed E-state index contributed by atoms with van der Waals surface area (Å²) >= 11 is 0. The molecule has 0 bridgehead atoms. The molecule has 0 saturated carbocycles. The molecule has 0 aliphatic rings. The number of hydrogen-bond acceptors (Lipinski definition) is 2. The summed E-state index contributed by atoms with van der Waals surface area (Å²) in [5, 5.41) is 9.59. The number of phenols is 1. The molecule has 1 N–H and O–H groups in total. The molecule has 1 aromatic carbocycles. The van der Waals surface area contributed by atoms with Crippen molar-refractivity contribution in [2.75, 3.05) is 20.5 Å². The van der Waals surface area contributed by atoms with E-state index in [1.807, 2.05) is 19.9 Å². The van der Waals surface area contributed by atoms with Crippen molar-refractivity contribution in [2.24, 2.45) is 5.92 Å². The number of benzene rings is 1. The van der Waals surface area contributed by atoms with Gasteiger partial charge in [0.25, 0.3) is 0 Å². The molecule has 0 aliphatic carbocycles. The minimum Gasteiger partial charge on any atom is -0.508 e. The van der Waals surface area contributed by atoms with Crippen LogP contribution in [-0.4, -0.2) is 30.5 Å². The molecule has 1 rings (SSSR count). The van der Waals surface area contributed by atoms with Crippen molar-refractivity contribution >= 4 is 0 Å². The van der Waals surface area contributed by atoms with Crippen LogP contribution in [0.5, 0.6) is 5.75 Å². The summed E-state index contributed by atoms with van der Waals surface area (Å²) < 4.78 is 44.6. The molecule has 0 aliphatic heterocycles. The molecule has 0 fully saturated rings. The van der Waals surface area contributed by atoms with Gasteiger partial charge in [0, 0.05) is 14.8 Å². The lowest BCUT2D eigenvalue weighted by molar-refractivity contribution is 0.301. The summed E-state index contributed by atoms with van der Waals surface area (Å²) in [6.45, 7) is -1.61. The Balaban J connectivity index is 2.99. The third-order valence-corrected chi connectivity index (χ3v) is 2.90. The Bertz CT molecular complexity index is 471. The van der Waals surface area contributed by atoms with Gasteiger partial charge in [-0.2, -0.15) is 0 Å². The third-order valence-electron chi connectivity index (χ3n) is 2.90. The molecule has 0 heterocycles. The predicted molar refractivity (Wildman–Crippen MR) is 68.9 cm³/mol. The normalized spacial score (nSPS) is 22.2. The van der Waals surface area contributed by atoms with Crippen LogP contribution in [0.1, 0.15) is 40.0 Å². The van der Waals surface area contributed by atoms with E-state index in [-0.39, 0.29) is 24.1 Å². The molecule has 2 nitrogen and oxygen atoms in total. The first kappa shape index (κ1) is 6.65. The topological polar surface area (TPSA) is 23.5 Å². The van der Waals surface area contributed by atoms with Crippen LogP contribution in [0.2, 0.25) is 0 Å². The first-order valence-electron chi connectivity index (χ1n) is 8.53. The smallest absolute Gasteiger partial charge is 0.115 e. The van der Waals surface area contributed by atoms with E-state index in [9.17, 15) is 5.11 Å². The SMILES string of the molecule is [2H]C([2H])([2H])N(C[C@@H](C)[C@@H](CC)c1cccc(O)c1)C([2H])([2H])[2H]. The second-order valence-electron chi connectivity index (χ2n) is 4.20. The molecular formula is C14H23NO. The van der Waals surface area contributed by atoms with Crippen LogP contribution in [0.4, 0.5) is 0 Å². The van der Waals surface area contributed by atoms with Gasteiger partial charge in [0.2, 0.25) is 0 Å². The number of hydrogen-bond donors (Lipinski definition) is 1. The Morgan fingerprint density at radius 2 is 2.19 bits per heavy atom. The zero-order chi connectivity index (χ0) is 17.1. The fourth-order valence-electron chi connectivity index (χ4n) is 2.14. The van der Waals surface area contributed by atoms with E-state index < -0.39 is 14.0 Å². The van der Waals surface area contributed by atoms with Crippen LogP contribution in [0.15, 0.2) is 24.3 Å². The van der Waals surface area contributed by atoms with E-state index in [1.54, 1.807) is 18.2 Å². The maximum Gasteiger partial charge on any atom is 0.115 e. The Hall–Kier alpha value is -1.02. The summed E-state index contributed by atoms with van der Waals surface area (Å²) in [4.78, 5) is 0.593. The number of phenolic OH excluding ortho intramolecular Hbond substituents is 1. The van der Waals surface area contributed by atoms with E-state index in [0.717, 1.165) is 12.0 Å². The molecule has 0 unspecified atom stereocenters. The Morgan fingerprint density at radius 1 is 1.44 bits per heavy atom. The van der Waals surface area contributed by atoms with Crippen LogP contribution < -0.4 is 0 Å². The van der Waals surface area contributed by atoms with Crippen molar-refractivity contribution in [1.82, 2.24) is 4.90 Å². The highest BCUT2D eigenvalue weighted by Crippen LogP contribution is 2.30. The van der Waals surface area contributed by atoms with Crippen molar-refractivity contribution in [3.05, 3.63) is 29.8 Å². The molecule has 0 spiro atoms. The Kier molecular flexibility index (Phi) is 2.45. The monoisotopic (exact) mass is 227 g/mol.